The number of amides is 2. The van der Waals surface area contributed by atoms with Crippen molar-refractivity contribution < 1.29 is 9.59 Å². The highest BCUT2D eigenvalue weighted by molar-refractivity contribution is 7.16. The summed E-state index contributed by atoms with van der Waals surface area (Å²) in [6.45, 7) is 0. The summed E-state index contributed by atoms with van der Waals surface area (Å²) in [6.07, 6.45) is 4.36. The van der Waals surface area contributed by atoms with Crippen LogP contribution < -0.4 is 5.01 Å². The van der Waals surface area contributed by atoms with Gasteiger partial charge >= 0.3 is 0 Å². The van der Waals surface area contributed by atoms with Crippen LogP contribution in [0.4, 0.5) is 10.8 Å². The summed E-state index contributed by atoms with van der Waals surface area (Å²) in [7, 11) is 0. The normalized spacial score (nSPS) is 13.5. The van der Waals surface area contributed by atoms with Crippen molar-refractivity contribution in [3.63, 3.8) is 0 Å². The van der Waals surface area contributed by atoms with E-state index in [1.165, 1.54) is 41.4 Å². The summed E-state index contributed by atoms with van der Waals surface area (Å²) in [5.41, 5.74) is 0.622. The third-order valence-electron chi connectivity index (χ3n) is 4.02. The van der Waals surface area contributed by atoms with Crippen molar-refractivity contribution in [3.05, 3.63) is 64.9 Å². The summed E-state index contributed by atoms with van der Waals surface area (Å²) in [5, 5.41) is 7.96. The van der Waals surface area contributed by atoms with E-state index in [2.05, 4.69) is 15.0 Å². The number of rotatable bonds is 3. The van der Waals surface area contributed by atoms with Crippen LogP contribution in [0.3, 0.4) is 0 Å². The monoisotopic (exact) mass is 379 g/mol. The molecule has 0 atom stereocenters. The number of aromatic nitrogens is 3. The molecular weight excluding hydrogens is 370 g/mol. The maximum Gasteiger partial charge on any atom is 0.282 e. The van der Waals surface area contributed by atoms with E-state index in [-0.39, 0.29) is 5.56 Å². The highest BCUT2D eigenvalue weighted by Gasteiger charge is 2.41. The first-order valence-electron chi connectivity index (χ1n) is 7.60. The van der Waals surface area contributed by atoms with Gasteiger partial charge in [0.15, 0.2) is 5.82 Å². The number of nitrogens with zero attached hydrogens (tertiary/aromatic N) is 5. The lowest BCUT2D eigenvalue weighted by atomic mass is 10.2. The van der Waals surface area contributed by atoms with Gasteiger partial charge in [0.1, 0.15) is 16.2 Å². The van der Waals surface area contributed by atoms with Crippen LogP contribution in [0.25, 0.3) is 10.2 Å². The standard InChI is InChI=1S/C17H9N5O2S2/c23-16-10-3-5-18-8-12(10)17(24)22(16)21(13-2-1-6-25-13)14-11-4-7-26-15(11)20-9-19-14/h1-9H. The summed E-state index contributed by atoms with van der Waals surface area (Å²) >= 11 is 2.89. The second kappa shape index (κ2) is 5.68. The molecule has 4 aromatic heterocycles. The Labute approximate surface area is 155 Å². The van der Waals surface area contributed by atoms with E-state index < -0.39 is 11.8 Å². The average molecular weight is 379 g/mol. The fourth-order valence-electron chi connectivity index (χ4n) is 2.89. The fraction of sp³-hybridized carbons (Fsp3) is 0. The van der Waals surface area contributed by atoms with Crippen LogP contribution in [0.5, 0.6) is 0 Å². The molecule has 7 nitrogen and oxygen atoms in total. The Hall–Kier alpha value is -3.17. The zero-order chi connectivity index (χ0) is 17.7. The minimum Gasteiger partial charge on any atom is -0.267 e. The van der Waals surface area contributed by atoms with Crippen LogP contribution >= 0.6 is 22.7 Å². The summed E-state index contributed by atoms with van der Waals surface area (Å²) in [6, 6.07) is 7.14. The molecule has 0 saturated heterocycles. The van der Waals surface area contributed by atoms with Gasteiger partial charge in [0.2, 0.25) is 0 Å². The number of thiophene rings is 2. The van der Waals surface area contributed by atoms with Gasteiger partial charge < -0.3 is 0 Å². The van der Waals surface area contributed by atoms with Crippen molar-refractivity contribution in [2.75, 3.05) is 5.01 Å². The molecule has 0 radical (unpaired) electrons. The highest BCUT2D eigenvalue weighted by Crippen LogP contribution is 2.38. The number of fused-ring (bicyclic) bond motifs is 2. The van der Waals surface area contributed by atoms with E-state index >= 15 is 0 Å². The van der Waals surface area contributed by atoms with Crippen molar-refractivity contribution in [2.24, 2.45) is 0 Å². The first-order chi connectivity index (χ1) is 12.8. The largest absolute Gasteiger partial charge is 0.282 e. The minimum absolute atomic E-state index is 0.287. The number of carbonyl (C=O) groups is 2. The molecule has 0 unspecified atom stereocenters. The van der Waals surface area contributed by atoms with E-state index in [0.717, 1.165) is 15.2 Å². The summed E-state index contributed by atoms with van der Waals surface area (Å²) in [5.74, 6) is -0.336. The van der Waals surface area contributed by atoms with Crippen LogP contribution in [0.1, 0.15) is 20.7 Å². The van der Waals surface area contributed by atoms with E-state index in [1.807, 2.05) is 29.0 Å². The van der Waals surface area contributed by atoms with Gasteiger partial charge in [0, 0.05) is 12.4 Å². The maximum absolute atomic E-state index is 13.0. The van der Waals surface area contributed by atoms with Crippen molar-refractivity contribution in [1.29, 1.82) is 0 Å². The topological polar surface area (TPSA) is 79.3 Å². The Morgan fingerprint density at radius 1 is 0.962 bits per heavy atom. The fourth-order valence-corrected chi connectivity index (χ4v) is 4.34. The van der Waals surface area contributed by atoms with E-state index in [1.54, 1.807) is 11.1 Å². The van der Waals surface area contributed by atoms with Crippen molar-refractivity contribution >= 4 is 55.5 Å². The Morgan fingerprint density at radius 2 is 1.85 bits per heavy atom. The Morgan fingerprint density at radius 3 is 2.65 bits per heavy atom. The molecule has 0 bridgehead atoms. The molecule has 0 N–H and O–H groups in total. The van der Waals surface area contributed by atoms with Gasteiger partial charge in [-0.1, -0.05) is 0 Å². The molecule has 5 rings (SSSR count). The molecule has 1 aliphatic heterocycles. The van der Waals surface area contributed by atoms with Crippen LogP contribution in [0.15, 0.2) is 53.7 Å². The number of hydrazine groups is 1. The summed E-state index contributed by atoms with van der Waals surface area (Å²) in [4.78, 5) is 39.4. The molecule has 1 aliphatic rings. The first kappa shape index (κ1) is 15.1. The van der Waals surface area contributed by atoms with Crippen molar-refractivity contribution in [1.82, 2.24) is 20.0 Å². The Kier molecular flexibility index (Phi) is 3.30. The van der Waals surface area contributed by atoms with Gasteiger partial charge in [-0.05, 0) is 35.0 Å². The van der Waals surface area contributed by atoms with Gasteiger partial charge in [0.25, 0.3) is 11.8 Å². The molecular formula is C17H9N5O2S2. The molecule has 9 heteroatoms. The van der Waals surface area contributed by atoms with Crippen LogP contribution in [0, 0.1) is 0 Å². The SMILES string of the molecule is O=C1c2ccncc2C(=O)N1N(c1cccs1)c1ncnc2sccc12. The first-order valence-corrected chi connectivity index (χ1v) is 9.36. The predicted octanol–water partition coefficient (Wildman–Crippen LogP) is 3.50. The summed E-state index contributed by atoms with van der Waals surface area (Å²) < 4.78 is 0. The van der Waals surface area contributed by atoms with Crippen molar-refractivity contribution in [2.45, 2.75) is 0 Å². The Balaban J connectivity index is 1.74. The minimum atomic E-state index is -0.423. The number of anilines is 2. The number of pyridine rings is 1. The van der Waals surface area contributed by atoms with E-state index in [0.29, 0.717) is 16.4 Å². The van der Waals surface area contributed by atoms with Gasteiger partial charge in [-0.15, -0.1) is 22.7 Å². The molecule has 0 fully saturated rings. The molecule has 126 valence electrons. The number of carbonyl (C=O) groups excluding carboxylic acids is 2. The molecule has 26 heavy (non-hydrogen) atoms. The third kappa shape index (κ3) is 2.07. The molecule has 5 heterocycles. The van der Waals surface area contributed by atoms with E-state index in [4.69, 9.17) is 0 Å². The lowest BCUT2D eigenvalue weighted by Crippen LogP contribution is -2.43. The van der Waals surface area contributed by atoms with Gasteiger partial charge in [-0.2, -0.15) is 5.01 Å². The molecule has 0 aromatic carbocycles. The third-order valence-corrected chi connectivity index (χ3v) is 5.69. The van der Waals surface area contributed by atoms with Gasteiger partial charge in [-0.25, -0.2) is 15.0 Å². The van der Waals surface area contributed by atoms with Crippen molar-refractivity contribution in [3.8, 4) is 0 Å². The lowest BCUT2D eigenvalue weighted by molar-refractivity contribution is 0.0654. The molecule has 2 amide bonds. The maximum atomic E-state index is 13.0. The quantitative estimate of drug-likeness (QED) is 0.507. The van der Waals surface area contributed by atoms with Gasteiger partial charge in [0.05, 0.1) is 16.5 Å². The smallest absolute Gasteiger partial charge is 0.267 e. The molecule has 0 aliphatic carbocycles. The number of hydrogen-bond donors (Lipinski definition) is 0. The second-order valence-electron chi connectivity index (χ2n) is 5.44. The molecule has 4 aromatic rings. The zero-order valence-corrected chi connectivity index (χ0v) is 14.7. The van der Waals surface area contributed by atoms with Crippen LogP contribution in [-0.4, -0.2) is 31.8 Å². The van der Waals surface area contributed by atoms with Crippen LogP contribution in [-0.2, 0) is 0 Å². The predicted molar refractivity (Wildman–Crippen MR) is 98.6 cm³/mol. The zero-order valence-electron chi connectivity index (χ0n) is 13.1. The Bertz CT molecular complexity index is 1120. The molecule has 0 spiro atoms. The van der Waals surface area contributed by atoms with E-state index in [9.17, 15) is 9.59 Å². The number of hydrogen-bond acceptors (Lipinski definition) is 8. The lowest BCUT2D eigenvalue weighted by Gasteiger charge is -2.29. The highest BCUT2D eigenvalue weighted by atomic mass is 32.1. The average Bonchev–Trinajstić information content (AvgIpc) is 3.40. The second-order valence-corrected chi connectivity index (χ2v) is 7.26. The van der Waals surface area contributed by atoms with Crippen LogP contribution in [0.2, 0.25) is 0 Å². The number of imide groups is 1. The molecule has 0 saturated carbocycles. The van der Waals surface area contributed by atoms with Gasteiger partial charge in [-0.3, -0.25) is 14.6 Å².